The molecule has 0 bridgehead atoms. The van der Waals surface area contributed by atoms with Crippen molar-refractivity contribution in [2.75, 3.05) is 20.2 Å². The van der Waals surface area contributed by atoms with E-state index in [0.717, 1.165) is 0 Å². The summed E-state index contributed by atoms with van der Waals surface area (Å²) in [4.78, 5) is 25.4. The van der Waals surface area contributed by atoms with Gasteiger partial charge in [-0.1, -0.05) is 18.2 Å². The fraction of sp³-hybridized carbons (Fsp3) is 0.333. The third-order valence-corrected chi connectivity index (χ3v) is 3.35. The first kappa shape index (κ1) is 15.2. The van der Waals surface area contributed by atoms with Crippen LogP contribution in [0.5, 0.6) is 0 Å². The maximum Gasteiger partial charge on any atom is 0.251 e. The van der Waals surface area contributed by atoms with E-state index in [0.29, 0.717) is 12.1 Å². The quantitative estimate of drug-likeness (QED) is 0.843. The second-order valence-corrected chi connectivity index (χ2v) is 4.77. The molecule has 1 aromatic rings. The van der Waals surface area contributed by atoms with E-state index in [1.165, 1.54) is 23.1 Å². The molecule has 1 aliphatic rings. The zero-order valence-corrected chi connectivity index (χ0v) is 11.7. The number of nitrogens with one attached hydrogen (secondary N) is 1. The van der Waals surface area contributed by atoms with Crippen LogP contribution in [0.15, 0.2) is 36.9 Å². The number of hydrogen-bond donors (Lipinski definition) is 1. The van der Waals surface area contributed by atoms with Crippen molar-refractivity contribution in [1.82, 2.24) is 10.2 Å². The molecule has 0 saturated carbocycles. The third kappa shape index (κ3) is 3.28. The number of hydrogen-bond acceptors (Lipinski definition) is 3. The maximum absolute atomic E-state index is 13.4. The third-order valence-electron chi connectivity index (χ3n) is 3.35. The number of likely N-dealkylation sites (N-methyl/N-ethyl adjacent to an activating group) is 1. The number of rotatable bonds is 4. The Hall–Kier alpha value is -2.21. The summed E-state index contributed by atoms with van der Waals surface area (Å²) in [5, 5.41) is 2.64. The van der Waals surface area contributed by atoms with Crippen molar-refractivity contribution in [1.29, 1.82) is 0 Å². The van der Waals surface area contributed by atoms with Gasteiger partial charge in [0, 0.05) is 13.6 Å². The van der Waals surface area contributed by atoms with E-state index in [1.807, 2.05) is 0 Å². The van der Waals surface area contributed by atoms with E-state index in [2.05, 4.69) is 11.9 Å². The van der Waals surface area contributed by atoms with E-state index >= 15 is 0 Å². The summed E-state index contributed by atoms with van der Waals surface area (Å²) < 4.78 is 18.8. The predicted molar refractivity (Wildman–Crippen MR) is 74.9 cm³/mol. The highest BCUT2D eigenvalue weighted by atomic mass is 19.1. The number of amides is 2. The summed E-state index contributed by atoms with van der Waals surface area (Å²) in [6.45, 7) is 3.65. The number of benzene rings is 1. The Balaban J connectivity index is 2.31. The highest BCUT2D eigenvalue weighted by Crippen LogP contribution is 2.29. The molecular formula is C15H17FN2O3. The van der Waals surface area contributed by atoms with Crippen LogP contribution >= 0.6 is 0 Å². The Morgan fingerprint density at radius 1 is 1.62 bits per heavy atom. The highest BCUT2D eigenvalue weighted by Gasteiger charge is 2.39. The Labute approximate surface area is 122 Å². The summed E-state index contributed by atoms with van der Waals surface area (Å²) in [7, 11) is 1.58. The number of morpholine rings is 1. The minimum absolute atomic E-state index is 0.172. The molecule has 5 nitrogen and oxygen atoms in total. The molecule has 1 aromatic carbocycles. The van der Waals surface area contributed by atoms with E-state index in [1.54, 1.807) is 19.2 Å². The number of carbonyl (C=O) groups excluding carboxylic acids is 2. The van der Waals surface area contributed by atoms with Crippen molar-refractivity contribution >= 4 is 11.8 Å². The molecule has 2 rings (SSSR count). The first-order valence-corrected chi connectivity index (χ1v) is 6.56. The summed E-state index contributed by atoms with van der Waals surface area (Å²) in [5.41, 5.74) is 0.518. The number of carbonyl (C=O) groups is 2. The molecule has 112 valence electrons. The molecule has 1 aliphatic heterocycles. The lowest BCUT2D eigenvalue weighted by Gasteiger charge is -2.38. The van der Waals surface area contributed by atoms with Gasteiger partial charge in [0.1, 0.15) is 12.4 Å². The van der Waals surface area contributed by atoms with E-state index < -0.39 is 18.0 Å². The number of ether oxygens (including phenoxy) is 1. The molecule has 2 unspecified atom stereocenters. The molecule has 0 aliphatic carbocycles. The molecular weight excluding hydrogens is 275 g/mol. The van der Waals surface area contributed by atoms with Crippen LogP contribution in [0.1, 0.15) is 11.6 Å². The Kier molecular flexibility index (Phi) is 4.70. The molecule has 1 fully saturated rings. The second-order valence-electron chi connectivity index (χ2n) is 4.77. The van der Waals surface area contributed by atoms with Gasteiger partial charge in [-0.05, 0) is 17.7 Å². The van der Waals surface area contributed by atoms with Crippen LogP contribution < -0.4 is 5.32 Å². The molecule has 21 heavy (non-hydrogen) atoms. The smallest absolute Gasteiger partial charge is 0.251 e. The van der Waals surface area contributed by atoms with Gasteiger partial charge in [0.25, 0.3) is 5.91 Å². The van der Waals surface area contributed by atoms with Gasteiger partial charge in [-0.3, -0.25) is 9.59 Å². The van der Waals surface area contributed by atoms with Gasteiger partial charge >= 0.3 is 0 Å². The molecule has 0 spiro atoms. The van der Waals surface area contributed by atoms with Crippen molar-refractivity contribution in [3.05, 3.63) is 48.3 Å². The Morgan fingerprint density at radius 3 is 3.05 bits per heavy atom. The minimum atomic E-state index is -0.880. The number of nitrogens with zero attached hydrogens (tertiary/aromatic N) is 1. The van der Waals surface area contributed by atoms with Crippen molar-refractivity contribution in [2.24, 2.45) is 0 Å². The van der Waals surface area contributed by atoms with E-state index in [-0.39, 0.29) is 18.4 Å². The van der Waals surface area contributed by atoms with Crippen molar-refractivity contribution in [3.8, 4) is 0 Å². The zero-order chi connectivity index (χ0) is 15.4. The van der Waals surface area contributed by atoms with Crippen molar-refractivity contribution in [2.45, 2.75) is 12.1 Å². The molecule has 1 heterocycles. The normalized spacial score (nSPS) is 22.0. The summed E-state index contributed by atoms with van der Waals surface area (Å²) in [6.07, 6.45) is 0.668. The Morgan fingerprint density at radius 2 is 2.38 bits per heavy atom. The maximum atomic E-state index is 13.4. The highest BCUT2D eigenvalue weighted by molar-refractivity contribution is 5.86. The van der Waals surface area contributed by atoms with Crippen LogP contribution in [-0.2, 0) is 14.3 Å². The minimum Gasteiger partial charge on any atom is -0.356 e. The van der Waals surface area contributed by atoms with Crippen molar-refractivity contribution < 1.29 is 18.7 Å². The standard InChI is InChI=1S/C15H17FN2O3/c1-3-7-17-15(20)14-13(18(2)12(19)9-21-14)10-5-4-6-11(16)8-10/h3-6,8,13-14H,1,7,9H2,2H3,(H,17,20). The second kappa shape index (κ2) is 6.49. The average molecular weight is 292 g/mol. The zero-order valence-electron chi connectivity index (χ0n) is 11.7. The van der Waals surface area contributed by atoms with Gasteiger partial charge in [0.2, 0.25) is 5.91 Å². The topological polar surface area (TPSA) is 58.6 Å². The molecule has 0 radical (unpaired) electrons. The van der Waals surface area contributed by atoms with Gasteiger partial charge in [-0.2, -0.15) is 0 Å². The van der Waals surface area contributed by atoms with E-state index in [4.69, 9.17) is 4.74 Å². The van der Waals surface area contributed by atoms with Crippen LogP contribution in [0.4, 0.5) is 4.39 Å². The first-order valence-electron chi connectivity index (χ1n) is 6.56. The van der Waals surface area contributed by atoms with Gasteiger partial charge in [-0.25, -0.2) is 4.39 Å². The molecule has 0 aromatic heterocycles. The summed E-state index contributed by atoms with van der Waals surface area (Å²) >= 11 is 0. The van der Waals surface area contributed by atoms with Crippen LogP contribution in [0, 0.1) is 5.82 Å². The fourth-order valence-electron chi connectivity index (χ4n) is 2.29. The Bertz CT molecular complexity index is 562. The lowest BCUT2D eigenvalue weighted by Crippen LogP contribution is -2.53. The van der Waals surface area contributed by atoms with Crippen LogP contribution in [-0.4, -0.2) is 43.0 Å². The predicted octanol–water partition coefficient (Wildman–Crippen LogP) is 1.03. The van der Waals surface area contributed by atoms with Gasteiger partial charge < -0.3 is 15.0 Å². The van der Waals surface area contributed by atoms with Gasteiger partial charge in [0.15, 0.2) is 6.10 Å². The van der Waals surface area contributed by atoms with Gasteiger partial charge in [-0.15, -0.1) is 6.58 Å². The average Bonchev–Trinajstić information content (AvgIpc) is 2.47. The monoisotopic (exact) mass is 292 g/mol. The lowest BCUT2D eigenvalue weighted by atomic mass is 9.97. The molecule has 1 saturated heterocycles. The van der Waals surface area contributed by atoms with Crippen LogP contribution in [0.2, 0.25) is 0 Å². The molecule has 2 amide bonds. The van der Waals surface area contributed by atoms with Crippen molar-refractivity contribution in [3.63, 3.8) is 0 Å². The lowest BCUT2D eigenvalue weighted by molar-refractivity contribution is -0.162. The summed E-state index contributed by atoms with van der Waals surface area (Å²) in [6, 6.07) is 5.15. The van der Waals surface area contributed by atoms with Crippen LogP contribution in [0.25, 0.3) is 0 Å². The molecule has 2 atom stereocenters. The van der Waals surface area contributed by atoms with E-state index in [9.17, 15) is 14.0 Å². The fourth-order valence-corrected chi connectivity index (χ4v) is 2.29. The first-order chi connectivity index (χ1) is 10.0. The number of halogens is 1. The molecule has 1 N–H and O–H groups in total. The largest absolute Gasteiger partial charge is 0.356 e. The van der Waals surface area contributed by atoms with Gasteiger partial charge in [0.05, 0.1) is 6.04 Å². The summed E-state index contributed by atoms with van der Waals surface area (Å²) in [5.74, 6) is -1.04. The SMILES string of the molecule is C=CCNC(=O)C1OCC(=O)N(C)C1c1cccc(F)c1. The van der Waals surface area contributed by atoms with Crippen LogP contribution in [0.3, 0.4) is 0 Å². The molecule has 6 heteroatoms.